The van der Waals surface area contributed by atoms with Crippen molar-refractivity contribution in [2.24, 2.45) is 5.92 Å². The zero-order chi connectivity index (χ0) is 13.7. The number of halogens is 3. The molecular formula is C14H18F2INO. The Hall–Kier alpha value is -0.430. The van der Waals surface area contributed by atoms with Crippen molar-refractivity contribution >= 4 is 22.6 Å². The van der Waals surface area contributed by atoms with E-state index < -0.39 is 6.43 Å². The van der Waals surface area contributed by atoms with Crippen LogP contribution in [0, 0.1) is 9.49 Å². The summed E-state index contributed by atoms with van der Waals surface area (Å²) in [6.07, 6.45) is -0.202. The minimum absolute atomic E-state index is 0.111. The van der Waals surface area contributed by atoms with Gasteiger partial charge in [-0.3, -0.25) is 4.90 Å². The van der Waals surface area contributed by atoms with Crippen molar-refractivity contribution in [1.82, 2.24) is 4.90 Å². The van der Waals surface area contributed by atoms with Gasteiger partial charge in [-0.05, 0) is 60.2 Å². The average Bonchev–Trinajstić information content (AvgIpc) is 2.36. The largest absolute Gasteiger partial charge is 0.493 e. The molecule has 0 aromatic heterocycles. The fourth-order valence-electron chi connectivity index (χ4n) is 2.42. The molecular weight excluding hydrogens is 363 g/mol. The Labute approximate surface area is 126 Å². The molecule has 106 valence electrons. The molecule has 0 bridgehead atoms. The standard InChI is InChI=1S/C14H18F2INO/c15-14(16)9-18-6-2-3-11(8-18)10-19-13-5-1-4-12(17)7-13/h1,4-5,7,11,14H,2-3,6,8-10H2. The third-order valence-corrected chi connectivity index (χ3v) is 3.95. The molecule has 5 heteroatoms. The molecule has 1 heterocycles. The number of alkyl halides is 2. The van der Waals surface area contributed by atoms with Crippen LogP contribution >= 0.6 is 22.6 Å². The maximum atomic E-state index is 12.4. The number of benzene rings is 1. The van der Waals surface area contributed by atoms with E-state index in [2.05, 4.69) is 22.6 Å². The molecule has 0 radical (unpaired) electrons. The van der Waals surface area contributed by atoms with Crippen LogP contribution in [0.2, 0.25) is 0 Å². The molecule has 0 aliphatic carbocycles. The molecule has 19 heavy (non-hydrogen) atoms. The van der Waals surface area contributed by atoms with Gasteiger partial charge in [-0.2, -0.15) is 0 Å². The summed E-state index contributed by atoms with van der Waals surface area (Å²) in [6, 6.07) is 7.89. The van der Waals surface area contributed by atoms with Crippen molar-refractivity contribution in [3.63, 3.8) is 0 Å². The highest BCUT2D eigenvalue weighted by Crippen LogP contribution is 2.20. The van der Waals surface area contributed by atoms with Crippen LogP contribution in [0.25, 0.3) is 0 Å². The number of rotatable bonds is 5. The highest BCUT2D eigenvalue weighted by molar-refractivity contribution is 14.1. The van der Waals surface area contributed by atoms with Crippen molar-refractivity contribution in [1.29, 1.82) is 0 Å². The van der Waals surface area contributed by atoms with Crippen molar-refractivity contribution in [3.8, 4) is 5.75 Å². The highest BCUT2D eigenvalue weighted by atomic mass is 127. The fraction of sp³-hybridized carbons (Fsp3) is 0.571. The van der Waals surface area contributed by atoms with Crippen LogP contribution in [-0.4, -0.2) is 37.6 Å². The van der Waals surface area contributed by atoms with Crippen LogP contribution in [0.5, 0.6) is 5.75 Å². The molecule has 1 aromatic rings. The quantitative estimate of drug-likeness (QED) is 0.723. The van der Waals surface area contributed by atoms with Crippen LogP contribution in [0.15, 0.2) is 24.3 Å². The van der Waals surface area contributed by atoms with Crippen LogP contribution < -0.4 is 4.74 Å². The number of hydrogen-bond donors (Lipinski definition) is 0. The van der Waals surface area contributed by atoms with Crippen LogP contribution in [0.1, 0.15) is 12.8 Å². The van der Waals surface area contributed by atoms with E-state index in [1.165, 1.54) is 0 Å². The van der Waals surface area contributed by atoms with Crippen LogP contribution in [0.4, 0.5) is 8.78 Å². The third kappa shape index (κ3) is 5.22. The van der Waals surface area contributed by atoms with E-state index in [1.807, 2.05) is 29.2 Å². The normalized spacial score (nSPS) is 20.7. The van der Waals surface area contributed by atoms with Gasteiger partial charge in [-0.25, -0.2) is 8.78 Å². The van der Waals surface area contributed by atoms with Gasteiger partial charge in [-0.15, -0.1) is 0 Å². The van der Waals surface area contributed by atoms with Gasteiger partial charge in [-0.1, -0.05) is 6.07 Å². The molecule has 1 saturated heterocycles. The lowest BCUT2D eigenvalue weighted by Crippen LogP contribution is -2.40. The van der Waals surface area contributed by atoms with E-state index in [4.69, 9.17) is 4.74 Å². The lowest BCUT2D eigenvalue weighted by atomic mass is 9.99. The molecule has 2 nitrogen and oxygen atoms in total. The van der Waals surface area contributed by atoms with Gasteiger partial charge < -0.3 is 4.74 Å². The summed E-state index contributed by atoms with van der Waals surface area (Å²) in [4.78, 5) is 1.84. The Balaban J connectivity index is 1.79. The smallest absolute Gasteiger partial charge is 0.251 e. The zero-order valence-electron chi connectivity index (χ0n) is 10.7. The highest BCUT2D eigenvalue weighted by Gasteiger charge is 2.22. The third-order valence-electron chi connectivity index (χ3n) is 3.28. The van der Waals surface area contributed by atoms with Crippen molar-refractivity contribution in [3.05, 3.63) is 27.8 Å². The van der Waals surface area contributed by atoms with E-state index >= 15 is 0 Å². The molecule has 1 unspecified atom stereocenters. The second kappa shape index (κ2) is 7.38. The first-order chi connectivity index (χ1) is 9.13. The monoisotopic (exact) mass is 381 g/mol. The van der Waals surface area contributed by atoms with E-state index in [1.54, 1.807) is 0 Å². The average molecular weight is 381 g/mol. The summed E-state index contributed by atoms with van der Waals surface area (Å²) in [7, 11) is 0. The summed E-state index contributed by atoms with van der Waals surface area (Å²) in [5, 5.41) is 0. The van der Waals surface area contributed by atoms with E-state index in [9.17, 15) is 8.78 Å². The molecule has 0 saturated carbocycles. The van der Waals surface area contributed by atoms with Gasteiger partial charge in [0.05, 0.1) is 13.2 Å². The van der Waals surface area contributed by atoms with Gasteiger partial charge in [0.25, 0.3) is 6.43 Å². The first-order valence-corrected chi connectivity index (χ1v) is 7.60. The molecule has 1 aliphatic heterocycles. The summed E-state index contributed by atoms with van der Waals surface area (Å²) in [5.74, 6) is 1.21. The SMILES string of the molecule is FC(F)CN1CCCC(COc2cccc(I)c2)C1. The lowest BCUT2D eigenvalue weighted by molar-refractivity contribution is 0.0552. The first-order valence-electron chi connectivity index (χ1n) is 6.52. The molecule has 1 atom stereocenters. The number of nitrogens with zero attached hydrogens (tertiary/aromatic N) is 1. The Morgan fingerprint density at radius 3 is 3.00 bits per heavy atom. The predicted octanol–water partition coefficient (Wildman–Crippen LogP) is 3.65. The molecule has 0 N–H and O–H groups in total. The van der Waals surface area contributed by atoms with Gasteiger partial charge in [0, 0.05) is 16.0 Å². The van der Waals surface area contributed by atoms with Crippen molar-refractivity contribution < 1.29 is 13.5 Å². The van der Waals surface area contributed by atoms with Gasteiger partial charge in [0.2, 0.25) is 0 Å². The van der Waals surface area contributed by atoms with Gasteiger partial charge >= 0.3 is 0 Å². The zero-order valence-corrected chi connectivity index (χ0v) is 12.9. The Kier molecular flexibility index (Phi) is 5.81. The first kappa shape index (κ1) is 15.0. The van der Waals surface area contributed by atoms with Gasteiger partial charge in [0.1, 0.15) is 5.75 Å². The minimum atomic E-state index is -2.24. The number of ether oxygens (including phenoxy) is 1. The topological polar surface area (TPSA) is 12.5 Å². The van der Waals surface area contributed by atoms with Crippen molar-refractivity contribution in [2.75, 3.05) is 26.2 Å². The number of hydrogen-bond acceptors (Lipinski definition) is 2. The molecule has 0 amide bonds. The van der Waals surface area contributed by atoms with Gasteiger partial charge in [0.15, 0.2) is 0 Å². The molecule has 0 spiro atoms. The van der Waals surface area contributed by atoms with E-state index in [-0.39, 0.29) is 6.54 Å². The maximum absolute atomic E-state index is 12.4. The van der Waals surface area contributed by atoms with Crippen LogP contribution in [-0.2, 0) is 0 Å². The maximum Gasteiger partial charge on any atom is 0.251 e. The molecule has 1 aliphatic rings. The molecule has 2 rings (SSSR count). The summed E-state index contributed by atoms with van der Waals surface area (Å²) in [6.45, 7) is 2.00. The lowest BCUT2D eigenvalue weighted by Gasteiger charge is -2.32. The Bertz CT molecular complexity index is 403. The summed E-state index contributed by atoms with van der Waals surface area (Å²) in [5.41, 5.74) is 0. The summed E-state index contributed by atoms with van der Waals surface area (Å²) < 4.78 is 31.6. The van der Waals surface area contributed by atoms with E-state index in [0.717, 1.165) is 28.7 Å². The Morgan fingerprint density at radius 2 is 2.26 bits per heavy atom. The summed E-state index contributed by atoms with van der Waals surface area (Å²) >= 11 is 2.24. The predicted molar refractivity (Wildman–Crippen MR) is 79.8 cm³/mol. The molecule has 1 fully saturated rings. The van der Waals surface area contributed by atoms with E-state index in [0.29, 0.717) is 19.1 Å². The minimum Gasteiger partial charge on any atom is -0.493 e. The number of piperidine rings is 1. The second-order valence-corrected chi connectivity index (χ2v) is 6.17. The van der Waals surface area contributed by atoms with Crippen LogP contribution in [0.3, 0.4) is 0 Å². The number of likely N-dealkylation sites (tertiary alicyclic amines) is 1. The Morgan fingerprint density at radius 1 is 1.42 bits per heavy atom. The second-order valence-electron chi connectivity index (χ2n) is 4.93. The van der Waals surface area contributed by atoms with Crippen molar-refractivity contribution in [2.45, 2.75) is 19.3 Å². The molecule has 1 aromatic carbocycles. The fourth-order valence-corrected chi connectivity index (χ4v) is 2.93.